The number of halogens is 1. The van der Waals surface area contributed by atoms with E-state index in [0.29, 0.717) is 21.8 Å². The summed E-state index contributed by atoms with van der Waals surface area (Å²) >= 11 is 1.21. The van der Waals surface area contributed by atoms with Crippen molar-refractivity contribution in [3.8, 4) is 0 Å². The number of hydrogen-bond donors (Lipinski definition) is 1. The zero-order chi connectivity index (χ0) is 16.3. The fourth-order valence-electron chi connectivity index (χ4n) is 1.79. The number of esters is 1. The molecule has 0 unspecified atom stereocenters. The number of ether oxygens (including phenoxy) is 1. The van der Waals surface area contributed by atoms with Gasteiger partial charge in [0.05, 0.1) is 10.7 Å². The SMILES string of the molecule is Cc1nc(C)c(C(=O)OCC(=O)Nc2ccc(C)c(F)c2)s1. The number of nitrogens with zero attached hydrogens (tertiary/aromatic N) is 1. The molecule has 0 aliphatic carbocycles. The molecule has 2 aromatic rings. The number of amides is 1. The second kappa shape index (κ2) is 6.65. The number of nitrogens with one attached hydrogen (secondary N) is 1. The minimum atomic E-state index is -0.590. The van der Waals surface area contributed by atoms with Crippen molar-refractivity contribution in [2.24, 2.45) is 0 Å². The Kier molecular flexibility index (Phi) is 4.87. The summed E-state index contributed by atoms with van der Waals surface area (Å²) < 4.78 is 18.3. The van der Waals surface area contributed by atoms with Crippen molar-refractivity contribution in [3.63, 3.8) is 0 Å². The minimum absolute atomic E-state index is 0.314. The summed E-state index contributed by atoms with van der Waals surface area (Å²) in [7, 11) is 0. The van der Waals surface area contributed by atoms with Gasteiger partial charge in [0.15, 0.2) is 6.61 Å². The van der Waals surface area contributed by atoms with Crippen molar-refractivity contribution in [2.45, 2.75) is 20.8 Å². The predicted molar refractivity (Wildman–Crippen MR) is 81.6 cm³/mol. The van der Waals surface area contributed by atoms with Crippen LogP contribution in [-0.4, -0.2) is 23.5 Å². The average molecular weight is 322 g/mol. The summed E-state index contributed by atoms with van der Waals surface area (Å²) in [6.45, 7) is 4.68. The topological polar surface area (TPSA) is 68.3 Å². The van der Waals surface area contributed by atoms with Gasteiger partial charge in [-0.1, -0.05) is 6.07 Å². The Bertz CT molecular complexity index is 728. The lowest BCUT2D eigenvalue weighted by Crippen LogP contribution is -2.21. The Hall–Kier alpha value is -2.28. The van der Waals surface area contributed by atoms with E-state index in [2.05, 4.69) is 10.3 Å². The maximum atomic E-state index is 13.4. The number of rotatable bonds is 4. The lowest BCUT2D eigenvalue weighted by Gasteiger charge is -2.07. The predicted octanol–water partition coefficient (Wildman–Crippen LogP) is 3.00. The molecule has 1 aromatic heterocycles. The number of hydrogen-bond acceptors (Lipinski definition) is 5. The van der Waals surface area contributed by atoms with Gasteiger partial charge < -0.3 is 10.1 Å². The molecular weight excluding hydrogens is 307 g/mol. The van der Waals surface area contributed by atoms with E-state index in [1.807, 2.05) is 0 Å². The zero-order valence-electron chi connectivity index (χ0n) is 12.4. The van der Waals surface area contributed by atoms with E-state index in [4.69, 9.17) is 4.74 Å². The third kappa shape index (κ3) is 3.88. The molecule has 116 valence electrons. The second-order valence-electron chi connectivity index (χ2n) is 4.74. The Morgan fingerprint density at radius 3 is 2.64 bits per heavy atom. The molecule has 22 heavy (non-hydrogen) atoms. The first-order valence-electron chi connectivity index (χ1n) is 6.54. The van der Waals surface area contributed by atoms with Crippen molar-refractivity contribution in [1.29, 1.82) is 0 Å². The highest BCUT2D eigenvalue weighted by Gasteiger charge is 2.16. The van der Waals surface area contributed by atoms with Gasteiger partial charge in [0.25, 0.3) is 5.91 Å². The standard InChI is InChI=1S/C15H15FN2O3S/c1-8-4-5-11(6-12(8)16)18-13(19)7-21-15(20)14-9(2)17-10(3)22-14/h4-6H,7H2,1-3H3,(H,18,19). The van der Waals surface area contributed by atoms with Gasteiger partial charge in [0, 0.05) is 5.69 Å². The normalized spacial score (nSPS) is 10.4. The van der Waals surface area contributed by atoms with Crippen LogP contribution in [0.25, 0.3) is 0 Å². The fourth-order valence-corrected chi connectivity index (χ4v) is 2.60. The van der Waals surface area contributed by atoms with Crippen molar-refractivity contribution < 1.29 is 18.7 Å². The molecule has 2 rings (SSSR count). The molecule has 0 aliphatic heterocycles. The van der Waals surface area contributed by atoms with Gasteiger partial charge in [0.2, 0.25) is 0 Å². The first kappa shape index (κ1) is 16.1. The van der Waals surface area contributed by atoms with Gasteiger partial charge in [-0.2, -0.15) is 0 Å². The van der Waals surface area contributed by atoms with E-state index in [0.717, 1.165) is 5.01 Å². The van der Waals surface area contributed by atoms with Crippen LogP contribution >= 0.6 is 11.3 Å². The van der Waals surface area contributed by atoms with Crippen LogP contribution in [0.2, 0.25) is 0 Å². The van der Waals surface area contributed by atoms with Crippen molar-refractivity contribution in [3.05, 3.63) is 45.2 Å². The second-order valence-corrected chi connectivity index (χ2v) is 5.94. The monoisotopic (exact) mass is 322 g/mol. The van der Waals surface area contributed by atoms with Crippen LogP contribution in [0.1, 0.15) is 25.9 Å². The van der Waals surface area contributed by atoms with Crippen LogP contribution < -0.4 is 5.32 Å². The van der Waals surface area contributed by atoms with Crippen molar-refractivity contribution in [2.75, 3.05) is 11.9 Å². The maximum Gasteiger partial charge on any atom is 0.350 e. The van der Waals surface area contributed by atoms with Gasteiger partial charge in [-0.05, 0) is 38.5 Å². The zero-order valence-corrected chi connectivity index (χ0v) is 13.2. The third-order valence-electron chi connectivity index (χ3n) is 2.88. The highest BCUT2D eigenvalue weighted by atomic mass is 32.1. The van der Waals surface area contributed by atoms with E-state index in [1.54, 1.807) is 32.9 Å². The molecule has 5 nitrogen and oxygen atoms in total. The quantitative estimate of drug-likeness (QED) is 0.879. The maximum absolute atomic E-state index is 13.4. The summed E-state index contributed by atoms with van der Waals surface area (Å²) in [6.07, 6.45) is 0. The summed E-state index contributed by atoms with van der Waals surface area (Å²) in [5, 5.41) is 3.22. The first-order chi connectivity index (χ1) is 10.4. The van der Waals surface area contributed by atoms with Gasteiger partial charge in [0.1, 0.15) is 10.7 Å². The van der Waals surface area contributed by atoms with Gasteiger partial charge in [-0.15, -0.1) is 11.3 Å². The van der Waals surface area contributed by atoms with Gasteiger partial charge in [-0.3, -0.25) is 4.79 Å². The van der Waals surface area contributed by atoms with E-state index < -0.39 is 24.3 Å². The number of thiazole rings is 1. The molecular formula is C15H15FN2O3S. The Morgan fingerprint density at radius 2 is 2.05 bits per heavy atom. The molecule has 0 bridgehead atoms. The molecule has 1 heterocycles. The molecule has 1 amide bonds. The Balaban J connectivity index is 1.91. The number of aromatic nitrogens is 1. The number of anilines is 1. The number of carbonyl (C=O) groups is 2. The average Bonchev–Trinajstić information content (AvgIpc) is 2.79. The molecule has 0 saturated carbocycles. The highest BCUT2D eigenvalue weighted by Crippen LogP contribution is 2.18. The van der Waals surface area contributed by atoms with E-state index in [9.17, 15) is 14.0 Å². The molecule has 0 aliphatic rings. The summed E-state index contributed by atoms with van der Waals surface area (Å²) in [5.74, 6) is -1.53. The molecule has 1 aromatic carbocycles. The van der Waals surface area contributed by atoms with Crippen molar-refractivity contribution >= 4 is 28.9 Å². The van der Waals surface area contributed by atoms with E-state index in [-0.39, 0.29) is 0 Å². The molecule has 7 heteroatoms. The van der Waals surface area contributed by atoms with E-state index in [1.165, 1.54) is 17.4 Å². The van der Waals surface area contributed by atoms with Crippen LogP contribution in [-0.2, 0) is 9.53 Å². The molecule has 0 spiro atoms. The molecule has 1 N–H and O–H groups in total. The van der Waals surface area contributed by atoms with Crippen LogP contribution in [0, 0.1) is 26.6 Å². The number of carbonyl (C=O) groups excluding carboxylic acids is 2. The summed E-state index contributed by atoms with van der Waals surface area (Å²) in [4.78, 5) is 28.1. The smallest absolute Gasteiger partial charge is 0.350 e. The van der Waals surface area contributed by atoms with Crippen LogP contribution in [0.4, 0.5) is 10.1 Å². The summed E-state index contributed by atoms with van der Waals surface area (Å²) in [6, 6.07) is 4.35. The van der Waals surface area contributed by atoms with Crippen LogP contribution in [0.5, 0.6) is 0 Å². The Morgan fingerprint density at radius 1 is 1.32 bits per heavy atom. The van der Waals surface area contributed by atoms with E-state index >= 15 is 0 Å². The first-order valence-corrected chi connectivity index (χ1v) is 7.35. The summed E-state index contributed by atoms with van der Waals surface area (Å²) in [5.41, 5.74) is 1.38. The van der Waals surface area contributed by atoms with Crippen LogP contribution in [0.3, 0.4) is 0 Å². The molecule has 0 fully saturated rings. The Labute approximate surface area is 131 Å². The van der Waals surface area contributed by atoms with Crippen molar-refractivity contribution in [1.82, 2.24) is 4.98 Å². The molecule has 0 radical (unpaired) electrons. The minimum Gasteiger partial charge on any atom is -0.451 e. The molecule has 0 saturated heterocycles. The lowest BCUT2D eigenvalue weighted by atomic mass is 10.2. The lowest BCUT2D eigenvalue weighted by molar-refractivity contribution is -0.119. The fraction of sp³-hybridized carbons (Fsp3) is 0.267. The van der Waals surface area contributed by atoms with Gasteiger partial charge >= 0.3 is 5.97 Å². The molecule has 0 atom stereocenters. The van der Waals surface area contributed by atoms with Gasteiger partial charge in [-0.25, -0.2) is 14.2 Å². The third-order valence-corrected chi connectivity index (χ3v) is 3.93. The number of aryl methyl sites for hydroxylation is 3. The largest absolute Gasteiger partial charge is 0.451 e. The van der Waals surface area contributed by atoms with Crippen LogP contribution in [0.15, 0.2) is 18.2 Å². The highest BCUT2D eigenvalue weighted by molar-refractivity contribution is 7.13. The number of benzene rings is 1.